The molecule has 3 nitrogen and oxygen atoms in total. The summed E-state index contributed by atoms with van der Waals surface area (Å²) in [5.41, 5.74) is 4.10. The third kappa shape index (κ3) is 2.02. The van der Waals surface area contributed by atoms with Crippen LogP contribution in [0.25, 0.3) is 21.9 Å². The summed E-state index contributed by atoms with van der Waals surface area (Å²) in [5.74, 6) is 0.911. The van der Waals surface area contributed by atoms with Crippen LogP contribution in [0.5, 0.6) is 0 Å². The zero-order chi connectivity index (χ0) is 15.1. The minimum Gasteiger partial charge on any atom is -0.456 e. The van der Waals surface area contributed by atoms with Crippen molar-refractivity contribution < 1.29 is 4.42 Å². The molecule has 0 atom stereocenters. The molecule has 0 saturated heterocycles. The summed E-state index contributed by atoms with van der Waals surface area (Å²) >= 11 is 0. The van der Waals surface area contributed by atoms with E-state index in [9.17, 15) is 0 Å². The Morgan fingerprint density at radius 1 is 0.909 bits per heavy atom. The van der Waals surface area contributed by atoms with Gasteiger partial charge in [0.2, 0.25) is 0 Å². The molecule has 0 fully saturated rings. The van der Waals surface area contributed by atoms with Gasteiger partial charge in [-0.05, 0) is 42.8 Å². The topological polar surface area (TPSA) is 29.3 Å². The van der Waals surface area contributed by atoms with E-state index in [1.165, 1.54) is 5.56 Å². The van der Waals surface area contributed by atoms with Gasteiger partial charge in [0, 0.05) is 35.8 Å². The summed E-state index contributed by atoms with van der Waals surface area (Å²) in [4.78, 5) is 6.44. The van der Waals surface area contributed by atoms with Crippen molar-refractivity contribution in [2.75, 3.05) is 11.9 Å². The van der Waals surface area contributed by atoms with Crippen molar-refractivity contribution in [1.82, 2.24) is 4.98 Å². The maximum Gasteiger partial charge on any atom is 0.137 e. The van der Waals surface area contributed by atoms with Crippen LogP contribution in [0.1, 0.15) is 5.56 Å². The minimum atomic E-state index is 0.904. The van der Waals surface area contributed by atoms with Gasteiger partial charge in [-0.2, -0.15) is 0 Å². The normalized spacial score (nSPS) is 11.2. The van der Waals surface area contributed by atoms with Crippen molar-refractivity contribution >= 4 is 33.4 Å². The molecule has 0 N–H and O–H groups in total. The zero-order valence-corrected chi connectivity index (χ0v) is 12.6. The number of pyridine rings is 1. The smallest absolute Gasteiger partial charge is 0.137 e. The standard InChI is InChI=1S/C19H16N2O/c1-13-6-8-15-16-9-7-14(12-18(16)22-17(15)11-13)21(2)19-5-3-4-10-20-19/h3-12H,1-2H3. The molecule has 0 amide bonds. The average Bonchev–Trinajstić information content (AvgIpc) is 2.91. The number of hydrogen-bond donors (Lipinski definition) is 0. The fourth-order valence-electron chi connectivity index (χ4n) is 2.77. The van der Waals surface area contributed by atoms with E-state index in [0.717, 1.165) is 33.4 Å². The molecule has 0 aliphatic heterocycles. The van der Waals surface area contributed by atoms with Crippen molar-refractivity contribution in [3.63, 3.8) is 0 Å². The Hall–Kier alpha value is -2.81. The lowest BCUT2D eigenvalue weighted by molar-refractivity contribution is 0.668. The molecule has 2 aromatic heterocycles. The predicted molar refractivity (Wildman–Crippen MR) is 90.8 cm³/mol. The Morgan fingerprint density at radius 2 is 1.68 bits per heavy atom. The van der Waals surface area contributed by atoms with Crippen molar-refractivity contribution in [2.45, 2.75) is 6.92 Å². The fraction of sp³-hybridized carbons (Fsp3) is 0.105. The first-order valence-electron chi connectivity index (χ1n) is 7.30. The second-order valence-electron chi connectivity index (χ2n) is 5.53. The Labute approximate surface area is 128 Å². The molecular weight excluding hydrogens is 272 g/mol. The highest BCUT2D eigenvalue weighted by Gasteiger charge is 2.10. The maximum atomic E-state index is 6.01. The van der Waals surface area contributed by atoms with E-state index < -0.39 is 0 Å². The van der Waals surface area contributed by atoms with E-state index >= 15 is 0 Å². The van der Waals surface area contributed by atoms with Gasteiger partial charge >= 0.3 is 0 Å². The molecular formula is C19H16N2O. The van der Waals surface area contributed by atoms with Gasteiger partial charge in [-0.25, -0.2) is 4.98 Å². The number of benzene rings is 2. The number of aryl methyl sites for hydroxylation is 1. The summed E-state index contributed by atoms with van der Waals surface area (Å²) in [6.07, 6.45) is 1.80. The lowest BCUT2D eigenvalue weighted by Crippen LogP contribution is -2.10. The zero-order valence-electron chi connectivity index (χ0n) is 12.6. The molecule has 0 spiro atoms. The van der Waals surface area contributed by atoms with Gasteiger partial charge in [-0.15, -0.1) is 0 Å². The number of furan rings is 1. The molecule has 0 bridgehead atoms. The summed E-state index contributed by atoms with van der Waals surface area (Å²) < 4.78 is 6.01. The lowest BCUT2D eigenvalue weighted by atomic mass is 10.1. The van der Waals surface area contributed by atoms with Crippen LogP contribution < -0.4 is 4.90 Å². The molecule has 2 heterocycles. The van der Waals surface area contributed by atoms with E-state index in [1.807, 2.05) is 25.2 Å². The van der Waals surface area contributed by atoms with Crippen LogP contribution in [0.2, 0.25) is 0 Å². The molecule has 4 rings (SSSR count). The van der Waals surface area contributed by atoms with Gasteiger partial charge in [0.05, 0.1) is 0 Å². The molecule has 4 aromatic rings. The van der Waals surface area contributed by atoms with Gasteiger partial charge in [0.25, 0.3) is 0 Å². The van der Waals surface area contributed by atoms with Crippen LogP contribution in [0.4, 0.5) is 11.5 Å². The summed E-state index contributed by atoms with van der Waals surface area (Å²) in [7, 11) is 2.01. The van der Waals surface area contributed by atoms with Crippen LogP contribution >= 0.6 is 0 Å². The number of aromatic nitrogens is 1. The molecule has 0 aliphatic carbocycles. The van der Waals surface area contributed by atoms with Gasteiger partial charge in [0.15, 0.2) is 0 Å². The van der Waals surface area contributed by atoms with E-state index in [0.29, 0.717) is 0 Å². The van der Waals surface area contributed by atoms with Gasteiger partial charge in [-0.1, -0.05) is 18.2 Å². The van der Waals surface area contributed by atoms with Crippen molar-refractivity contribution in [1.29, 1.82) is 0 Å². The molecule has 3 heteroatoms. The highest BCUT2D eigenvalue weighted by molar-refractivity contribution is 6.05. The molecule has 22 heavy (non-hydrogen) atoms. The summed E-state index contributed by atoms with van der Waals surface area (Å²) in [5, 5.41) is 2.31. The summed E-state index contributed by atoms with van der Waals surface area (Å²) in [6.45, 7) is 2.08. The summed E-state index contributed by atoms with van der Waals surface area (Å²) in [6, 6.07) is 18.5. The lowest BCUT2D eigenvalue weighted by Gasteiger charge is -2.17. The predicted octanol–water partition coefficient (Wildman–Crippen LogP) is 5.06. The first kappa shape index (κ1) is 12.9. The second kappa shape index (κ2) is 4.88. The Kier molecular flexibility index (Phi) is 2.86. The van der Waals surface area contributed by atoms with E-state index in [2.05, 4.69) is 53.2 Å². The molecule has 2 aromatic carbocycles. The van der Waals surface area contributed by atoms with Gasteiger partial charge in [0.1, 0.15) is 17.0 Å². The molecule has 0 unspecified atom stereocenters. The molecule has 108 valence electrons. The Balaban J connectivity index is 1.85. The minimum absolute atomic E-state index is 0.904. The van der Waals surface area contributed by atoms with Gasteiger partial charge < -0.3 is 9.32 Å². The second-order valence-corrected chi connectivity index (χ2v) is 5.53. The van der Waals surface area contributed by atoms with Crippen molar-refractivity contribution in [3.8, 4) is 0 Å². The van der Waals surface area contributed by atoms with Crippen molar-refractivity contribution in [3.05, 3.63) is 66.4 Å². The van der Waals surface area contributed by atoms with Crippen molar-refractivity contribution in [2.24, 2.45) is 0 Å². The number of fused-ring (bicyclic) bond motifs is 3. The molecule has 0 radical (unpaired) electrons. The highest BCUT2D eigenvalue weighted by Crippen LogP contribution is 2.33. The van der Waals surface area contributed by atoms with Crippen LogP contribution in [0.15, 0.2) is 65.2 Å². The first-order chi connectivity index (χ1) is 10.7. The van der Waals surface area contributed by atoms with Gasteiger partial charge in [-0.3, -0.25) is 0 Å². The number of rotatable bonds is 2. The van der Waals surface area contributed by atoms with Crippen LogP contribution in [-0.2, 0) is 0 Å². The van der Waals surface area contributed by atoms with E-state index in [-0.39, 0.29) is 0 Å². The largest absolute Gasteiger partial charge is 0.456 e. The Bertz CT molecular complexity index is 957. The third-order valence-corrected chi connectivity index (χ3v) is 3.99. The Morgan fingerprint density at radius 3 is 2.45 bits per heavy atom. The molecule has 0 aliphatic rings. The van der Waals surface area contributed by atoms with Crippen LogP contribution in [0, 0.1) is 6.92 Å². The first-order valence-corrected chi connectivity index (χ1v) is 7.30. The molecule has 0 saturated carbocycles. The number of nitrogens with zero attached hydrogens (tertiary/aromatic N) is 2. The quantitative estimate of drug-likeness (QED) is 0.516. The average molecular weight is 288 g/mol. The SMILES string of the molecule is Cc1ccc2c(c1)oc1cc(N(C)c3ccccn3)ccc12. The highest BCUT2D eigenvalue weighted by atomic mass is 16.3. The van der Waals surface area contributed by atoms with Crippen LogP contribution in [0.3, 0.4) is 0 Å². The maximum absolute atomic E-state index is 6.01. The van der Waals surface area contributed by atoms with E-state index in [4.69, 9.17) is 4.42 Å². The number of hydrogen-bond acceptors (Lipinski definition) is 3. The van der Waals surface area contributed by atoms with Crippen LogP contribution in [-0.4, -0.2) is 12.0 Å². The number of anilines is 2. The third-order valence-electron chi connectivity index (χ3n) is 3.99. The fourth-order valence-corrected chi connectivity index (χ4v) is 2.77. The van der Waals surface area contributed by atoms with E-state index in [1.54, 1.807) is 6.20 Å². The monoisotopic (exact) mass is 288 g/mol.